The fraction of sp³-hybridized carbons (Fsp3) is 0.333. The van der Waals surface area contributed by atoms with E-state index in [-0.39, 0.29) is 48.4 Å². The molecule has 0 radical (unpaired) electrons. The second-order valence-corrected chi connectivity index (χ2v) is 8.57. The SMILES string of the molecule is O=C(CCN1C(=O)C2CCCCC2C1=O)Nc1ccccc1C(=O)Nc1ccc(Cl)cc1. The van der Waals surface area contributed by atoms with E-state index in [9.17, 15) is 19.2 Å². The van der Waals surface area contributed by atoms with Gasteiger partial charge in [0.25, 0.3) is 5.91 Å². The number of benzene rings is 2. The molecule has 4 rings (SSSR count). The van der Waals surface area contributed by atoms with Gasteiger partial charge >= 0.3 is 0 Å². The summed E-state index contributed by atoms with van der Waals surface area (Å²) in [5.41, 5.74) is 1.24. The Kier molecular flexibility index (Phi) is 6.55. The van der Waals surface area contributed by atoms with Crippen LogP contribution in [0.5, 0.6) is 0 Å². The summed E-state index contributed by atoms with van der Waals surface area (Å²) < 4.78 is 0. The Labute approximate surface area is 191 Å². The van der Waals surface area contributed by atoms with E-state index < -0.39 is 0 Å². The quantitative estimate of drug-likeness (QED) is 0.644. The molecule has 4 amide bonds. The number of nitrogens with zero attached hydrogens (tertiary/aromatic N) is 1. The number of nitrogens with one attached hydrogen (secondary N) is 2. The Balaban J connectivity index is 1.37. The van der Waals surface area contributed by atoms with Crippen LogP contribution >= 0.6 is 11.6 Å². The second kappa shape index (κ2) is 9.53. The number of carbonyl (C=O) groups excluding carboxylic acids is 4. The monoisotopic (exact) mass is 453 g/mol. The van der Waals surface area contributed by atoms with Crippen molar-refractivity contribution in [2.45, 2.75) is 32.1 Å². The standard InChI is InChI=1S/C24H24ClN3O4/c25-15-9-11-16(12-10-15)26-22(30)19-7-3-4-8-20(19)27-21(29)13-14-28-23(31)17-5-1-2-6-18(17)24(28)32/h3-4,7-12,17-18H,1-2,5-6,13-14H2,(H,26,30)(H,27,29). The highest BCUT2D eigenvalue weighted by atomic mass is 35.5. The Morgan fingerprint density at radius 3 is 2.19 bits per heavy atom. The van der Waals surface area contributed by atoms with Gasteiger partial charge in [0.15, 0.2) is 0 Å². The van der Waals surface area contributed by atoms with Crippen LogP contribution in [-0.4, -0.2) is 35.1 Å². The van der Waals surface area contributed by atoms with Gasteiger partial charge in [0.05, 0.1) is 23.1 Å². The van der Waals surface area contributed by atoms with Crippen LogP contribution in [-0.2, 0) is 14.4 Å². The van der Waals surface area contributed by atoms with Gasteiger partial charge < -0.3 is 10.6 Å². The molecule has 2 N–H and O–H groups in total. The third-order valence-corrected chi connectivity index (χ3v) is 6.29. The molecular formula is C24H24ClN3O4. The Morgan fingerprint density at radius 2 is 1.53 bits per heavy atom. The first-order valence-corrected chi connectivity index (χ1v) is 11.1. The molecule has 1 aliphatic carbocycles. The van der Waals surface area contributed by atoms with E-state index in [0.29, 0.717) is 22.0 Å². The van der Waals surface area contributed by atoms with Crippen molar-refractivity contribution in [2.75, 3.05) is 17.2 Å². The van der Waals surface area contributed by atoms with Crippen LogP contribution in [0.25, 0.3) is 0 Å². The molecule has 1 saturated carbocycles. The van der Waals surface area contributed by atoms with E-state index in [0.717, 1.165) is 25.7 Å². The maximum absolute atomic E-state index is 12.7. The van der Waals surface area contributed by atoms with Gasteiger partial charge in [-0.15, -0.1) is 0 Å². The van der Waals surface area contributed by atoms with Crippen molar-refractivity contribution >= 4 is 46.6 Å². The number of hydrogen-bond donors (Lipinski definition) is 2. The van der Waals surface area contributed by atoms with Crippen molar-refractivity contribution in [3.05, 3.63) is 59.1 Å². The maximum atomic E-state index is 12.7. The van der Waals surface area contributed by atoms with E-state index in [1.807, 2.05) is 0 Å². The number of anilines is 2. The Morgan fingerprint density at radius 1 is 0.906 bits per heavy atom. The maximum Gasteiger partial charge on any atom is 0.257 e. The summed E-state index contributed by atoms with van der Waals surface area (Å²) in [6.07, 6.45) is 3.39. The van der Waals surface area contributed by atoms with Gasteiger partial charge in [0.2, 0.25) is 17.7 Å². The van der Waals surface area contributed by atoms with E-state index in [4.69, 9.17) is 11.6 Å². The highest BCUT2D eigenvalue weighted by molar-refractivity contribution is 6.30. The average molecular weight is 454 g/mol. The predicted octanol–water partition coefficient (Wildman–Crippen LogP) is 4.10. The zero-order chi connectivity index (χ0) is 22.7. The molecule has 166 valence electrons. The van der Waals surface area contributed by atoms with Gasteiger partial charge in [-0.2, -0.15) is 0 Å². The number of carbonyl (C=O) groups is 4. The molecule has 2 aliphatic rings. The van der Waals surface area contributed by atoms with Crippen LogP contribution in [0.3, 0.4) is 0 Å². The number of likely N-dealkylation sites (tertiary alicyclic amines) is 1. The van der Waals surface area contributed by atoms with E-state index in [2.05, 4.69) is 10.6 Å². The van der Waals surface area contributed by atoms with E-state index in [1.165, 1.54) is 4.90 Å². The van der Waals surface area contributed by atoms with Crippen LogP contribution in [0.1, 0.15) is 42.5 Å². The lowest BCUT2D eigenvalue weighted by molar-refractivity contribution is -0.140. The van der Waals surface area contributed by atoms with Crippen molar-refractivity contribution in [1.29, 1.82) is 0 Å². The van der Waals surface area contributed by atoms with Crippen LogP contribution in [0.15, 0.2) is 48.5 Å². The van der Waals surface area contributed by atoms with Crippen molar-refractivity contribution in [3.8, 4) is 0 Å². The number of rotatable bonds is 6. The smallest absolute Gasteiger partial charge is 0.257 e. The molecule has 8 heteroatoms. The van der Waals surface area contributed by atoms with Crippen LogP contribution in [0.4, 0.5) is 11.4 Å². The van der Waals surface area contributed by atoms with Crippen LogP contribution < -0.4 is 10.6 Å². The highest BCUT2D eigenvalue weighted by Crippen LogP contribution is 2.38. The number of halogens is 1. The molecule has 7 nitrogen and oxygen atoms in total. The average Bonchev–Trinajstić information content (AvgIpc) is 3.04. The van der Waals surface area contributed by atoms with Gasteiger partial charge in [-0.05, 0) is 49.2 Å². The summed E-state index contributed by atoms with van der Waals surface area (Å²) in [4.78, 5) is 51.6. The van der Waals surface area contributed by atoms with Gasteiger partial charge in [-0.3, -0.25) is 24.1 Å². The molecule has 2 fully saturated rings. The third-order valence-electron chi connectivity index (χ3n) is 6.04. The highest BCUT2D eigenvalue weighted by Gasteiger charge is 2.47. The van der Waals surface area contributed by atoms with Crippen LogP contribution in [0, 0.1) is 11.8 Å². The zero-order valence-electron chi connectivity index (χ0n) is 17.5. The molecule has 0 bridgehead atoms. The van der Waals surface area contributed by atoms with E-state index >= 15 is 0 Å². The number of fused-ring (bicyclic) bond motifs is 1. The van der Waals surface area contributed by atoms with Crippen molar-refractivity contribution in [1.82, 2.24) is 4.90 Å². The second-order valence-electron chi connectivity index (χ2n) is 8.13. The summed E-state index contributed by atoms with van der Waals surface area (Å²) in [6, 6.07) is 13.4. The summed E-state index contributed by atoms with van der Waals surface area (Å²) in [7, 11) is 0. The van der Waals surface area contributed by atoms with Gasteiger partial charge in [-0.1, -0.05) is 36.6 Å². The van der Waals surface area contributed by atoms with Gasteiger partial charge in [0, 0.05) is 23.7 Å². The molecular weight excluding hydrogens is 430 g/mol. The van der Waals surface area contributed by atoms with Gasteiger partial charge in [0.1, 0.15) is 0 Å². The lowest BCUT2D eigenvalue weighted by Crippen LogP contribution is -2.34. The summed E-state index contributed by atoms with van der Waals surface area (Å²) in [6.45, 7) is 0.0512. The minimum Gasteiger partial charge on any atom is -0.325 e. The molecule has 2 atom stereocenters. The molecule has 32 heavy (non-hydrogen) atoms. The Bertz CT molecular complexity index is 1030. The van der Waals surface area contributed by atoms with Crippen molar-refractivity contribution < 1.29 is 19.2 Å². The normalized spacial score (nSPS) is 20.1. The predicted molar refractivity (Wildman–Crippen MR) is 121 cm³/mol. The summed E-state index contributed by atoms with van der Waals surface area (Å²) in [5.74, 6) is -1.51. The lowest BCUT2D eigenvalue weighted by atomic mass is 9.81. The fourth-order valence-corrected chi connectivity index (χ4v) is 4.53. The molecule has 2 unspecified atom stereocenters. The first kappa shape index (κ1) is 22.0. The Hall–Kier alpha value is -3.19. The molecule has 2 aromatic rings. The number of hydrogen-bond acceptors (Lipinski definition) is 4. The number of imide groups is 1. The molecule has 1 heterocycles. The lowest BCUT2D eigenvalue weighted by Gasteiger charge is -2.19. The summed E-state index contributed by atoms with van der Waals surface area (Å²) in [5, 5.41) is 6.06. The topological polar surface area (TPSA) is 95.6 Å². The number of para-hydroxylation sites is 1. The first-order chi connectivity index (χ1) is 15.4. The van der Waals surface area contributed by atoms with Crippen molar-refractivity contribution in [3.63, 3.8) is 0 Å². The summed E-state index contributed by atoms with van der Waals surface area (Å²) >= 11 is 5.87. The fourth-order valence-electron chi connectivity index (χ4n) is 4.40. The van der Waals surface area contributed by atoms with Crippen LogP contribution in [0.2, 0.25) is 5.02 Å². The zero-order valence-corrected chi connectivity index (χ0v) is 18.2. The largest absolute Gasteiger partial charge is 0.325 e. The van der Waals surface area contributed by atoms with E-state index in [1.54, 1.807) is 48.5 Å². The first-order valence-electron chi connectivity index (χ1n) is 10.7. The third kappa shape index (κ3) is 4.67. The molecule has 1 aliphatic heterocycles. The van der Waals surface area contributed by atoms with Crippen molar-refractivity contribution in [2.24, 2.45) is 11.8 Å². The molecule has 1 saturated heterocycles. The molecule has 2 aromatic carbocycles. The molecule has 0 spiro atoms. The minimum absolute atomic E-state index is 0.0238. The number of amides is 4. The minimum atomic E-state index is -0.378. The molecule has 0 aromatic heterocycles. The van der Waals surface area contributed by atoms with Gasteiger partial charge in [-0.25, -0.2) is 0 Å².